The van der Waals surface area contributed by atoms with E-state index in [1.807, 2.05) is 13.8 Å². The van der Waals surface area contributed by atoms with Crippen molar-refractivity contribution < 1.29 is 9.53 Å². The van der Waals surface area contributed by atoms with Gasteiger partial charge >= 0.3 is 0 Å². The van der Waals surface area contributed by atoms with Crippen LogP contribution in [0.2, 0.25) is 0 Å². The number of rotatable bonds is 5. The van der Waals surface area contributed by atoms with Crippen LogP contribution in [0.4, 0.5) is 0 Å². The summed E-state index contributed by atoms with van der Waals surface area (Å²) in [4.78, 5) is 11.7. The molecule has 3 atom stereocenters. The van der Waals surface area contributed by atoms with E-state index in [1.54, 1.807) is 0 Å². The maximum absolute atomic E-state index is 11.7. The molecule has 0 bridgehead atoms. The average Bonchev–Trinajstić information content (AvgIpc) is 2.35. The van der Waals surface area contributed by atoms with Gasteiger partial charge in [-0.05, 0) is 44.4 Å². The molecule has 1 aliphatic carbocycles. The van der Waals surface area contributed by atoms with E-state index in [4.69, 9.17) is 10.6 Å². The number of nitrogens with one attached hydrogen (secondary N) is 1. The lowest BCUT2D eigenvalue weighted by Crippen LogP contribution is -2.45. The highest BCUT2D eigenvalue weighted by atomic mass is 16.5. The molecule has 112 valence electrons. The molecule has 1 fully saturated rings. The van der Waals surface area contributed by atoms with Crippen LogP contribution < -0.4 is 11.3 Å². The number of hydrazine groups is 1. The van der Waals surface area contributed by atoms with Gasteiger partial charge in [0.05, 0.1) is 18.1 Å². The molecule has 1 saturated carbocycles. The highest BCUT2D eigenvalue weighted by molar-refractivity contribution is 5.81. The zero-order valence-corrected chi connectivity index (χ0v) is 13.0. The van der Waals surface area contributed by atoms with Crippen LogP contribution in [0.25, 0.3) is 0 Å². The normalized spacial score (nSPS) is 28.5. The Hall–Kier alpha value is -0.610. The van der Waals surface area contributed by atoms with Crippen LogP contribution in [-0.2, 0) is 9.53 Å². The van der Waals surface area contributed by atoms with Gasteiger partial charge in [0.1, 0.15) is 0 Å². The topological polar surface area (TPSA) is 64.3 Å². The first kappa shape index (κ1) is 16.4. The Morgan fingerprint density at radius 2 is 2.05 bits per heavy atom. The van der Waals surface area contributed by atoms with Gasteiger partial charge in [-0.3, -0.25) is 10.2 Å². The highest BCUT2D eigenvalue weighted by Crippen LogP contribution is 2.36. The second-order valence-electron chi connectivity index (χ2n) is 7.03. The average molecular weight is 270 g/mol. The number of nitrogens with two attached hydrogens (primary N) is 1. The van der Waals surface area contributed by atoms with Crippen molar-refractivity contribution in [3.05, 3.63) is 0 Å². The summed E-state index contributed by atoms with van der Waals surface area (Å²) in [6.45, 7) is 11.0. The Morgan fingerprint density at radius 3 is 2.58 bits per heavy atom. The van der Waals surface area contributed by atoms with Crippen LogP contribution in [0.5, 0.6) is 0 Å². The van der Waals surface area contributed by atoms with E-state index >= 15 is 0 Å². The van der Waals surface area contributed by atoms with E-state index in [0.717, 1.165) is 6.42 Å². The maximum Gasteiger partial charge on any atom is 0.241 e. The van der Waals surface area contributed by atoms with Gasteiger partial charge in [0.15, 0.2) is 0 Å². The van der Waals surface area contributed by atoms with Crippen molar-refractivity contribution in [2.45, 2.75) is 60.0 Å². The molecular weight excluding hydrogens is 240 g/mol. The number of hydrogen-bond acceptors (Lipinski definition) is 3. The Morgan fingerprint density at radius 1 is 1.42 bits per heavy atom. The maximum atomic E-state index is 11.7. The van der Waals surface area contributed by atoms with E-state index in [0.29, 0.717) is 24.4 Å². The Labute approximate surface area is 117 Å². The molecule has 0 aromatic rings. The van der Waals surface area contributed by atoms with Crippen molar-refractivity contribution >= 4 is 5.91 Å². The summed E-state index contributed by atoms with van der Waals surface area (Å²) in [6.07, 6.45) is 3.89. The molecule has 3 N–H and O–H groups in total. The van der Waals surface area contributed by atoms with E-state index < -0.39 is 5.41 Å². The molecule has 4 heteroatoms. The quantitative estimate of drug-likeness (QED) is 0.458. The van der Waals surface area contributed by atoms with Gasteiger partial charge in [-0.2, -0.15) is 0 Å². The second kappa shape index (κ2) is 6.71. The second-order valence-corrected chi connectivity index (χ2v) is 7.03. The molecule has 1 aliphatic rings. The molecular formula is C15H30N2O2. The van der Waals surface area contributed by atoms with Gasteiger partial charge in [-0.15, -0.1) is 0 Å². The fraction of sp³-hybridized carbons (Fsp3) is 0.933. The van der Waals surface area contributed by atoms with E-state index in [-0.39, 0.29) is 12.0 Å². The number of ether oxygens (including phenoxy) is 1. The molecule has 4 nitrogen and oxygen atoms in total. The van der Waals surface area contributed by atoms with Crippen LogP contribution in [0.3, 0.4) is 0 Å². The van der Waals surface area contributed by atoms with Gasteiger partial charge in [0.2, 0.25) is 5.91 Å². The largest absolute Gasteiger partial charge is 0.377 e. The SMILES string of the molecule is CC1CCC(C(C)C)C(OCC(C)(C)C(=O)NN)C1. The summed E-state index contributed by atoms with van der Waals surface area (Å²) in [7, 11) is 0. The number of hydrogen-bond donors (Lipinski definition) is 2. The molecule has 0 radical (unpaired) electrons. The molecule has 0 aliphatic heterocycles. The summed E-state index contributed by atoms with van der Waals surface area (Å²) in [5.74, 6) is 6.99. The first-order valence-corrected chi connectivity index (χ1v) is 7.40. The summed E-state index contributed by atoms with van der Waals surface area (Å²) in [5.41, 5.74) is 1.64. The first-order valence-electron chi connectivity index (χ1n) is 7.40. The zero-order valence-electron chi connectivity index (χ0n) is 13.0. The zero-order chi connectivity index (χ0) is 14.6. The molecule has 19 heavy (non-hydrogen) atoms. The fourth-order valence-corrected chi connectivity index (χ4v) is 2.88. The standard InChI is InChI=1S/C15H30N2O2/c1-10(2)12-7-6-11(3)8-13(12)19-9-15(4,5)14(18)17-16/h10-13H,6-9,16H2,1-5H3,(H,17,18). The van der Waals surface area contributed by atoms with Crippen LogP contribution in [0, 0.1) is 23.2 Å². The Kier molecular flexibility index (Phi) is 5.81. The molecule has 1 rings (SSSR count). The highest BCUT2D eigenvalue weighted by Gasteiger charge is 2.34. The predicted molar refractivity (Wildman–Crippen MR) is 77.2 cm³/mol. The third kappa shape index (κ3) is 4.46. The summed E-state index contributed by atoms with van der Waals surface area (Å²) in [6, 6.07) is 0. The third-order valence-electron chi connectivity index (χ3n) is 4.37. The number of amides is 1. The van der Waals surface area contributed by atoms with Crippen LogP contribution in [0.15, 0.2) is 0 Å². The predicted octanol–water partition coefficient (Wildman–Crippen LogP) is 2.48. The van der Waals surface area contributed by atoms with Crippen molar-refractivity contribution in [2.75, 3.05) is 6.61 Å². The Bertz CT molecular complexity index is 303. The van der Waals surface area contributed by atoms with Crippen molar-refractivity contribution in [2.24, 2.45) is 29.0 Å². The van der Waals surface area contributed by atoms with E-state index in [9.17, 15) is 4.79 Å². The number of carbonyl (C=O) groups is 1. The monoisotopic (exact) mass is 270 g/mol. The van der Waals surface area contributed by atoms with Gasteiger partial charge in [0, 0.05) is 0 Å². The lowest BCUT2D eigenvalue weighted by Gasteiger charge is -2.38. The van der Waals surface area contributed by atoms with Gasteiger partial charge < -0.3 is 4.74 Å². The molecule has 0 heterocycles. The molecule has 0 saturated heterocycles. The van der Waals surface area contributed by atoms with E-state index in [1.165, 1.54) is 12.8 Å². The lowest BCUT2D eigenvalue weighted by molar-refractivity contribution is -0.136. The molecule has 1 amide bonds. The summed E-state index contributed by atoms with van der Waals surface area (Å²) >= 11 is 0. The van der Waals surface area contributed by atoms with Crippen molar-refractivity contribution in [1.82, 2.24) is 5.43 Å². The summed E-state index contributed by atoms with van der Waals surface area (Å²) < 4.78 is 6.10. The molecule has 3 unspecified atom stereocenters. The van der Waals surface area contributed by atoms with Crippen molar-refractivity contribution in [3.8, 4) is 0 Å². The minimum absolute atomic E-state index is 0.169. The van der Waals surface area contributed by atoms with Crippen molar-refractivity contribution in [1.29, 1.82) is 0 Å². The molecule has 0 spiro atoms. The smallest absolute Gasteiger partial charge is 0.241 e. The summed E-state index contributed by atoms with van der Waals surface area (Å²) in [5, 5.41) is 0. The minimum atomic E-state index is -0.572. The van der Waals surface area contributed by atoms with Crippen LogP contribution in [-0.4, -0.2) is 18.6 Å². The third-order valence-corrected chi connectivity index (χ3v) is 4.37. The fourth-order valence-electron chi connectivity index (χ4n) is 2.88. The number of carbonyl (C=O) groups excluding carboxylic acids is 1. The minimum Gasteiger partial charge on any atom is -0.377 e. The van der Waals surface area contributed by atoms with Gasteiger partial charge in [-0.1, -0.05) is 27.2 Å². The first-order chi connectivity index (χ1) is 8.77. The van der Waals surface area contributed by atoms with Crippen LogP contribution >= 0.6 is 0 Å². The van der Waals surface area contributed by atoms with Gasteiger partial charge in [0.25, 0.3) is 0 Å². The molecule has 0 aromatic carbocycles. The van der Waals surface area contributed by atoms with E-state index in [2.05, 4.69) is 26.2 Å². The van der Waals surface area contributed by atoms with Gasteiger partial charge in [-0.25, -0.2) is 5.84 Å². The van der Waals surface area contributed by atoms with Crippen LogP contribution in [0.1, 0.15) is 53.9 Å². The van der Waals surface area contributed by atoms with Crippen molar-refractivity contribution in [3.63, 3.8) is 0 Å². The lowest BCUT2D eigenvalue weighted by atomic mass is 9.75. The Balaban J connectivity index is 2.59. The molecule has 0 aromatic heterocycles.